The van der Waals surface area contributed by atoms with Crippen LogP contribution in [0.3, 0.4) is 0 Å². The van der Waals surface area contributed by atoms with Crippen LogP contribution in [-0.2, 0) is 6.42 Å². The highest BCUT2D eigenvalue weighted by molar-refractivity contribution is 7.12. The molecule has 2 heterocycles. The Morgan fingerprint density at radius 1 is 1.65 bits per heavy atom. The van der Waals surface area contributed by atoms with Gasteiger partial charge in [0.15, 0.2) is 0 Å². The lowest BCUT2D eigenvalue weighted by atomic mass is 10.1. The molecule has 1 aliphatic rings. The van der Waals surface area contributed by atoms with Crippen LogP contribution in [0.2, 0.25) is 0 Å². The molecule has 0 bridgehead atoms. The number of amides is 1. The van der Waals surface area contributed by atoms with Gasteiger partial charge in [0.2, 0.25) is 0 Å². The maximum atomic E-state index is 12.5. The van der Waals surface area contributed by atoms with Gasteiger partial charge in [0, 0.05) is 19.1 Å². The highest BCUT2D eigenvalue weighted by Gasteiger charge is 2.30. The first-order valence-electron chi connectivity index (χ1n) is 6.29. The topological polar surface area (TPSA) is 32.3 Å². The van der Waals surface area contributed by atoms with E-state index in [4.69, 9.17) is 0 Å². The lowest BCUT2D eigenvalue weighted by Gasteiger charge is -2.24. The number of carbonyl (C=O) groups excluding carboxylic acids is 1. The molecule has 1 aromatic heterocycles. The van der Waals surface area contributed by atoms with Crippen LogP contribution >= 0.6 is 11.3 Å². The smallest absolute Gasteiger partial charge is 0.264 e. The molecular formula is C13H20N2OS. The van der Waals surface area contributed by atoms with Crippen molar-refractivity contribution in [1.29, 1.82) is 0 Å². The summed E-state index contributed by atoms with van der Waals surface area (Å²) in [6.07, 6.45) is 3.19. The summed E-state index contributed by atoms with van der Waals surface area (Å²) in [6, 6.07) is 2.44. The van der Waals surface area contributed by atoms with Crippen molar-refractivity contribution in [2.24, 2.45) is 0 Å². The second-order valence-corrected chi connectivity index (χ2v) is 5.40. The SMILES string of the molecule is CCc1ccsc1C(=O)N1CCCC1CNC. The number of nitrogens with one attached hydrogen (secondary N) is 1. The minimum absolute atomic E-state index is 0.231. The fourth-order valence-electron chi connectivity index (χ4n) is 2.48. The van der Waals surface area contributed by atoms with Crippen LogP contribution < -0.4 is 5.32 Å². The Balaban J connectivity index is 2.14. The summed E-state index contributed by atoms with van der Waals surface area (Å²) < 4.78 is 0. The quantitative estimate of drug-likeness (QED) is 0.890. The second-order valence-electron chi connectivity index (χ2n) is 4.48. The van der Waals surface area contributed by atoms with Crippen molar-refractivity contribution in [3.8, 4) is 0 Å². The normalized spacial score (nSPS) is 19.9. The van der Waals surface area contributed by atoms with Crippen LogP contribution in [0.5, 0.6) is 0 Å². The molecule has 1 atom stereocenters. The van der Waals surface area contributed by atoms with E-state index in [1.165, 1.54) is 5.56 Å². The van der Waals surface area contributed by atoms with Gasteiger partial charge in [-0.15, -0.1) is 11.3 Å². The van der Waals surface area contributed by atoms with Crippen molar-refractivity contribution in [3.05, 3.63) is 21.9 Å². The molecule has 17 heavy (non-hydrogen) atoms. The molecular weight excluding hydrogens is 232 g/mol. The van der Waals surface area contributed by atoms with E-state index >= 15 is 0 Å². The van der Waals surface area contributed by atoms with E-state index in [0.717, 1.165) is 37.2 Å². The molecule has 0 radical (unpaired) electrons. The Bertz CT molecular complexity index is 389. The molecule has 1 fully saturated rings. The lowest BCUT2D eigenvalue weighted by Crippen LogP contribution is -2.40. The van der Waals surface area contributed by atoms with Gasteiger partial charge in [-0.25, -0.2) is 0 Å². The molecule has 1 aromatic rings. The number of aryl methyl sites for hydroxylation is 1. The molecule has 1 aliphatic heterocycles. The number of likely N-dealkylation sites (N-methyl/N-ethyl adjacent to an activating group) is 1. The van der Waals surface area contributed by atoms with Gasteiger partial charge in [-0.1, -0.05) is 6.92 Å². The molecule has 1 amide bonds. The highest BCUT2D eigenvalue weighted by Crippen LogP contribution is 2.24. The number of likely N-dealkylation sites (tertiary alicyclic amines) is 1. The van der Waals surface area contributed by atoms with Gasteiger partial charge in [0.25, 0.3) is 5.91 Å². The van der Waals surface area contributed by atoms with Crippen LogP contribution in [0.4, 0.5) is 0 Å². The standard InChI is InChI=1S/C13H20N2OS/c1-3-10-6-8-17-12(10)13(16)15-7-4-5-11(15)9-14-2/h6,8,11,14H,3-5,7,9H2,1-2H3. The zero-order valence-electron chi connectivity index (χ0n) is 10.5. The Labute approximate surface area is 107 Å². The summed E-state index contributed by atoms with van der Waals surface area (Å²) in [4.78, 5) is 15.5. The van der Waals surface area contributed by atoms with Gasteiger partial charge in [-0.2, -0.15) is 0 Å². The number of hydrogen-bond donors (Lipinski definition) is 1. The second kappa shape index (κ2) is 5.65. The highest BCUT2D eigenvalue weighted by atomic mass is 32.1. The van der Waals surface area contributed by atoms with E-state index < -0.39 is 0 Å². The lowest BCUT2D eigenvalue weighted by molar-refractivity contribution is 0.0741. The average molecular weight is 252 g/mol. The molecule has 4 heteroatoms. The Morgan fingerprint density at radius 3 is 3.18 bits per heavy atom. The molecule has 2 rings (SSSR count). The van der Waals surface area contributed by atoms with Gasteiger partial charge >= 0.3 is 0 Å². The Morgan fingerprint density at radius 2 is 2.47 bits per heavy atom. The number of carbonyl (C=O) groups is 1. The molecule has 3 nitrogen and oxygen atoms in total. The van der Waals surface area contributed by atoms with Gasteiger partial charge in [0.05, 0.1) is 4.88 Å². The van der Waals surface area contributed by atoms with Crippen LogP contribution in [0.1, 0.15) is 35.0 Å². The molecule has 0 aromatic carbocycles. The van der Waals surface area contributed by atoms with Crippen molar-refractivity contribution in [3.63, 3.8) is 0 Å². The van der Waals surface area contributed by atoms with E-state index in [0.29, 0.717) is 6.04 Å². The van der Waals surface area contributed by atoms with Crippen LogP contribution in [0.25, 0.3) is 0 Å². The third kappa shape index (κ3) is 2.53. The van der Waals surface area contributed by atoms with Crippen molar-refractivity contribution >= 4 is 17.2 Å². The van der Waals surface area contributed by atoms with E-state index in [9.17, 15) is 4.79 Å². The molecule has 1 N–H and O–H groups in total. The van der Waals surface area contributed by atoms with Crippen molar-refractivity contribution in [1.82, 2.24) is 10.2 Å². The zero-order valence-corrected chi connectivity index (χ0v) is 11.3. The third-order valence-electron chi connectivity index (χ3n) is 3.40. The van der Waals surface area contributed by atoms with Gasteiger partial charge in [-0.05, 0) is 43.3 Å². The van der Waals surface area contributed by atoms with E-state index in [1.54, 1.807) is 11.3 Å². The summed E-state index contributed by atoms with van der Waals surface area (Å²) in [6.45, 7) is 3.92. The Hall–Kier alpha value is -0.870. The first-order valence-corrected chi connectivity index (χ1v) is 7.17. The van der Waals surface area contributed by atoms with Gasteiger partial charge < -0.3 is 10.2 Å². The molecule has 1 saturated heterocycles. The van der Waals surface area contributed by atoms with E-state index in [2.05, 4.69) is 18.3 Å². The predicted molar refractivity (Wildman–Crippen MR) is 71.7 cm³/mol. The van der Waals surface area contributed by atoms with Crippen LogP contribution in [0, 0.1) is 0 Å². The average Bonchev–Trinajstić information content (AvgIpc) is 2.96. The molecule has 94 valence electrons. The van der Waals surface area contributed by atoms with Crippen LogP contribution in [0.15, 0.2) is 11.4 Å². The maximum Gasteiger partial charge on any atom is 0.264 e. The minimum Gasteiger partial charge on any atom is -0.334 e. The monoisotopic (exact) mass is 252 g/mol. The molecule has 1 unspecified atom stereocenters. The van der Waals surface area contributed by atoms with Crippen molar-refractivity contribution < 1.29 is 4.79 Å². The van der Waals surface area contributed by atoms with Gasteiger partial charge in [-0.3, -0.25) is 4.79 Å². The van der Waals surface area contributed by atoms with Crippen molar-refractivity contribution in [2.75, 3.05) is 20.1 Å². The summed E-state index contributed by atoms with van der Waals surface area (Å²) in [5.74, 6) is 0.231. The fourth-order valence-corrected chi connectivity index (χ4v) is 3.43. The maximum absolute atomic E-state index is 12.5. The van der Waals surface area contributed by atoms with E-state index in [-0.39, 0.29) is 5.91 Å². The summed E-state index contributed by atoms with van der Waals surface area (Å²) in [5, 5.41) is 5.20. The summed E-state index contributed by atoms with van der Waals surface area (Å²) >= 11 is 1.58. The minimum atomic E-state index is 0.231. The van der Waals surface area contributed by atoms with Crippen LogP contribution in [-0.4, -0.2) is 37.0 Å². The number of nitrogens with zero attached hydrogens (tertiary/aromatic N) is 1. The summed E-state index contributed by atoms with van der Waals surface area (Å²) in [7, 11) is 1.95. The first-order chi connectivity index (χ1) is 8.27. The van der Waals surface area contributed by atoms with E-state index in [1.807, 2.05) is 17.3 Å². The number of hydrogen-bond acceptors (Lipinski definition) is 3. The Kier molecular flexibility index (Phi) is 4.18. The van der Waals surface area contributed by atoms with Crippen molar-refractivity contribution in [2.45, 2.75) is 32.2 Å². The molecule has 0 aliphatic carbocycles. The zero-order chi connectivity index (χ0) is 12.3. The predicted octanol–water partition coefficient (Wildman–Crippen LogP) is 2.13. The number of thiophene rings is 1. The molecule has 0 saturated carbocycles. The number of rotatable bonds is 4. The first kappa shape index (κ1) is 12.6. The summed E-state index contributed by atoms with van der Waals surface area (Å²) in [5.41, 5.74) is 1.19. The third-order valence-corrected chi connectivity index (χ3v) is 4.34. The largest absolute Gasteiger partial charge is 0.334 e. The fraction of sp³-hybridized carbons (Fsp3) is 0.615. The van der Waals surface area contributed by atoms with Gasteiger partial charge in [0.1, 0.15) is 0 Å². The molecule has 0 spiro atoms.